The summed E-state index contributed by atoms with van der Waals surface area (Å²) in [5, 5.41) is 13.1. The number of benzene rings is 3. The number of anilines is 1. The Labute approximate surface area is 172 Å². The minimum Gasteiger partial charge on any atom is -0.507 e. The van der Waals surface area contributed by atoms with E-state index < -0.39 is 0 Å². The summed E-state index contributed by atoms with van der Waals surface area (Å²) in [4.78, 5) is 18.3. The molecule has 0 fully saturated rings. The molecule has 1 unspecified atom stereocenters. The molecule has 1 amide bonds. The zero-order chi connectivity index (χ0) is 20.1. The summed E-state index contributed by atoms with van der Waals surface area (Å²) in [6.07, 6.45) is 5.48. The van der Waals surface area contributed by atoms with Crippen LogP contribution < -0.4 is 4.90 Å². The van der Waals surface area contributed by atoms with Crippen molar-refractivity contribution >= 4 is 44.9 Å². The van der Waals surface area contributed by atoms with Gasteiger partial charge in [-0.25, -0.2) is 0 Å². The lowest BCUT2D eigenvalue weighted by molar-refractivity contribution is 0.0984. The Morgan fingerprint density at radius 3 is 2.76 bits per heavy atom. The van der Waals surface area contributed by atoms with E-state index >= 15 is 0 Å². The third kappa shape index (κ3) is 2.66. The van der Waals surface area contributed by atoms with Gasteiger partial charge < -0.3 is 15.0 Å². The Balaban J connectivity index is 1.63. The van der Waals surface area contributed by atoms with Gasteiger partial charge in [-0.05, 0) is 35.2 Å². The first kappa shape index (κ1) is 17.7. The highest BCUT2D eigenvalue weighted by Gasteiger charge is 2.35. The minimum absolute atomic E-state index is 0.00135. The highest BCUT2D eigenvalue weighted by molar-refractivity contribution is 6.19. The number of nitrogens with zero attached hydrogens (tertiary/aromatic N) is 1. The lowest BCUT2D eigenvalue weighted by Crippen LogP contribution is -2.30. The number of aromatic amines is 1. The SMILES string of the molecule is C#Cc1ccc2[nH]c(C(=O)N3CC(CCl)c4c3cc(O)c3ccccc43)cc2c1. The van der Waals surface area contributed by atoms with Crippen LogP contribution in [-0.4, -0.2) is 28.4 Å². The van der Waals surface area contributed by atoms with Gasteiger partial charge in [-0.1, -0.05) is 30.2 Å². The van der Waals surface area contributed by atoms with E-state index in [2.05, 4.69) is 10.9 Å². The topological polar surface area (TPSA) is 56.3 Å². The van der Waals surface area contributed by atoms with Crippen LogP contribution in [0.1, 0.15) is 27.5 Å². The molecule has 0 saturated heterocycles. The number of H-pyrrole nitrogens is 1. The number of carbonyl (C=O) groups is 1. The first-order valence-electron chi connectivity index (χ1n) is 9.32. The normalized spacial score (nSPS) is 15.6. The van der Waals surface area contributed by atoms with Crippen LogP contribution in [0.25, 0.3) is 21.7 Å². The van der Waals surface area contributed by atoms with E-state index in [1.807, 2.05) is 48.5 Å². The summed E-state index contributed by atoms with van der Waals surface area (Å²) in [5.74, 6) is 3.00. The molecule has 5 rings (SSSR count). The summed E-state index contributed by atoms with van der Waals surface area (Å²) >= 11 is 6.26. The van der Waals surface area contributed by atoms with E-state index in [1.165, 1.54) is 0 Å². The number of terminal acetylenes is 1. The Kier molecular flexibility index (Phi) is 4.01. The number of phenolic OH excluding ortho intramolecular Hbond substituents is 1. The minimum atomic E-state index is -0.160. The lowest BCUT2D eigenvalue weighted by atomic mass is 9.95. The van der Waals surface area contributed by atoms with Gasteiger partial charge in [-0.3, -0.25) is 4.79 Å². The van der Waals surface area contributed by atoms with Crippen molar-refractivity contribution in [2.75, 3.05) is 17.3 Å². The van der Waals surface area contributed by atoms with Gasteiger partial charge >= 0.3 is 0 Å². The van der Waals surface area contributed by atoms with Crippen molar-refractivity contribution < 1.29 is 9.90 Å². The fraction of sp³-hybridized carbons (Fsp3) is 0.125. The number of hydrogen-bond donors (Lipinski definition) is 2. The second-order valence-electron chi connectivity index (χ2n) is 7.27. The van der Waals surface area contributed by atoms with Gasteiger partial charge in [0.05, 0.1) is 5.69 Å². The van der Waals surface area contributed by atoms with Crippen molar-refractivity contribution in [2.45, 2.75) is 5.92 Å². The summed E-state index contributed by atoms with van der Waals surface area (Å²) in [5.41, 5.74) is 3.80. The first-order chi connectivity index (χ1) is 14.1. The highest BCUT2D eigenvalue weighted by Crippen LogP contribution is 2.45. The van der Waals surface area contributed by atoms with Gasteiger partial charge in [0.25, 0.3) is 5.91 Å². The molecule has 142 valence electrons. The van der Waals surface area contributed by atoms with Gasteiger partial charge in [0.2, 0.25) is 0 Å². The average Bonchev–Trinajstić information content (AvgIpc) is 3.34. The maximum atomic E-state index is 13.4. The molecule has 1 aromatic heterocycles. The van der Waals surface area contributed by atoms with Crippen molar-refractivity contribution in [3.05, 3.63) is 71.4 Å². The predicted molar refractivity (Wildman–Crippen MR) is 117 cm³/mol. The molecular formula is C24H17ClN2O2. The smallest absolute Gasteiger partial charge is 0.274 e. The molecule has 0 saturated carbocycles. The van der Waals surface area contributed by atoms with Gasteiger partial charge in [-0.15, -0.1) is 18.0 Å². The second kappa shape index (κ2) is 6.58. The molecule has 0 spiro atoms. The van der Waals surface area contributed by atoms with E-state index in [0.29, 0.717) is 23.8 Å². The number of amides is 1. The summed E-state index contributed by atoms with van der Waals surface area (Å²) in [6, 6.07) is 16.7. The number of rotatable bonds is 2. The number of halogens is 1. The molecule has 4 aromatic rings. The van der Waals surface area contributed by atoms with Crippen LogP contribution >= 0.6 is 11.6 Å². The van der Waals surface area contributed by atoms with E-state index in [4.69, 9.17) is 18.0 Å². The van der Waals surface area contributed by atoms with Crippen molar-refractivity contribution in [1.29, 1.82) is 0 Å². The number of aromatic hydroxyl groups is 1. The third-order valence-electron chi connectivity index (χ3n) is 5.59. The van der Waals surface area contributed by atoms with Gasteiger partial charge in [-0.2, -0.15) is 0 Å². The van der Waals surface area contributed by atoms with Crippen molar-refractivity contribution in [3.8, 4) is 18.1 Å². The van der Waals surface area contributed by atoms with Crippen molar-refractivity contribution in [3.63, 3.8) is 0 Å². The largest absolute Gasteiger partial charge is 0.507 e. The van der Waals surface area contributed by atoms with Crippen molar-refractivity contribution in [1.82, 2.24) is 4.98 Å². The number of aromatic nitrogens is 1. The average molecular weight is 401 g/mol. The van der Waals surface area contributed by atoms with E-state index in [0.717, 1.165) is 32.8 Å². The molecule has 0 bridgehead atoms. The molecule has 1 atom stereocenters. The standard InChI is InChI=1S/C24H17ClN2O2/c1-2-14-7-8-19-15(9-14)10-20(26-19)24(29)27-13-16(12-25)23-18-6-4-3-5-17(18)22(28)11-21(23)27/h1,3-11,16,26,28H,12-13H2. The maximum Gasteiger partial charge on any atom is 0.274 e. The fourth-order valence-corrected chi connectivity index (χ4v) is 4.48. The predicted octanol–water partition coefficient (Wildman–Crippen LogP) is 4.99. The van der Waals surface area contributed by atoms with Crippen LogP contribution in [0.2, 0.25) is 0 Å². The zero-order valence-corrected chi connectivity index (χ0v) is 16.2. The molecule has 5 heteroatoms. The Hall–Kier alpha value is -3.42. The summed E-state index contributed by atoms with van der Waals surface area (Å²) in [7, 11) is 0. The highest BCUT2D eigenvalue weighted by atomic mass is 35.5. The molecule has 0 aliphatic carbocycles. The van der Waals surface area contributed by atoms with E-state index in [9.17, 15) is 9.90 Å². The first-order valence-corrected chi connectivity index (χ1v) is 9.86. The van der Waals surface area contributed by atoms with E-state index in [-0.39, 0.29) is 17.6 Å². The van der Waals surface area contributed by atoms with Crippen LogP contribution in [-0.2, 0) is 0 Å². The molecule has 3 aromatic carbocycles. The zero-order valence-electron chi connectivity index (χ0n) is 15.4. The number of phenols is 1. The number of nitrogens with one attached hydrogen (secondary N) is 1. The van der Waals surface area contributed by atoms with Crippen LogP contribution in [0.5, 0.6) is 5.75 Å². The Bertz CT molecular complexity index is 1330. The molecule has 2 N–H and O–H groups in total. The van der Waals surface area contributed by atoms with Crippen LogP contribution in [0.4, 0.5) is 5.69 Å². The Morgan fingerprint density at radius 2 is 2.00 bits per heavy atom. The van der Waals surface area contributed by atoms with Gasteiger partial charge in [0.15, 0.2) is 0 Å². The van der Waals surface area contributed by atoms with Crippen LogP contribution in [0.3, 0.4) is 0 Å². The van der Waals surface area contributed by atoms with E-state index in [1.54, 1.807) is 11.0 Å². The molecule has 0 radical (unpaired) electrons. The number of fused-ring (bicyclic) bond motifs is 4. The summed E-state index contributed by atoms with van der Waals surface area (Å²) < 4.78 is 0. The number of hydrogen-bond acceptors (Lipinski definition) is 2. The molecule has 2 heterocycles. The molecular weight excluding hydrogens is 384 g/mol. The molecule has 4 nitrogen and oxygen atoms in total. The Morgan fingerprint density at radius 1 is 1.21 bits per heavy atom. The second-order valence-corrected chi connectivity index (χ2v) is 7.58. The van der Waals surface area contributed by atoms with Gasteiger partial charge in [0.1, 0.15) is 11.4 Å². The maximum absolute atomic E-state index is 13.4. The fourth-order valence-electron chi connectivity index (χ4n) is 4.23. The number of carbonyl (C=O) groups excluding carboxylic acids is 1. The lowest BCUT2D eigenvalue weighted by Gasteiger charge is -2.17. The molecule has 29 heavy (non-hydrogen) atoms. The summed E-state index contributed by atoms with van der Waals surface area (Å²) in [6.45, 7) is 0.468. The van der Waals surface area contributed by atoms with Crippen LogP contribution in [0.15, 0.2) is 54.6 Å². The number of alkyl halides is 1. The third-order valence-corrected chi connectivity index (χ3v) is 5.97. The van der Waals surface area contributed by atoms with Gasteiger partial charge in [0, 0.05) is 46.3 Å². The molecule has 1 aliphatic rings. The molecule has 1 aliphatic heterocycles. The van der Waals surface area contributed by atoms with Crippen LogP contribution in [0, 0.1) is 12.3 Å². The quantitative estimate of drug-likeness (QED) is 0.368. The monoisotopic (exact) mass is 400 g/mol. The van der Waals surface area contributed by atoms with Crippen molar-refractivity contribution in [2.24, 2.45) is 0 Å².